The molecule has 0 aliphatic rings. The minimum Gasteiger partial charge on any atom is -0.494 e. The highest BCUT2D eigenvalue weighted by Crippen LogP contribution is 2.17. The Labute approximate surface area is 146 Å². The Morgan fingerprint density at radius 2 is 1.92 bits per heavy atom. The molecule has 1 amide bonds. The predicted molar refractivity (Wildman–Crippen MR) is 98.7 cm³/mol. The van der Waals surface area contributed by atoms with Gasteiger partial charge in [-0.2, -0.15) is 0 Å². The Balaban J connectivity index is 2.22. The molecule has 2 N–H and O–H groups in total. The van der Waals surface area contributed by atoms with Crippen LogP contribution in [0.1, 0.15) is 45.4 Å². The lowest BCUT2D eigenvalue weighted by Gasteiger charge is -2.10. The van der Waals surface area contributed by atoms with E-state index in [1.54, 1.807) is 7.11 Å². The zero-order valence-corrected chi connectivity index (χ0v) is 15.1. The monoisotopic (exact) mass is 336 g/mol. The van der Waals surface area contributed by atoms with E-state index in [1.165, 1.54) is 25.7 Å². The van der Waals surface area contributed by atoms with Crippen molar-refractivity contribution in [3.05, 3.63) is 24.3 Å². The molecule has 136 valence electrons. The van der Waals surface area contributed by atoms with Gasteiger partial charge in [0.1, 0.15) is 5.75 Å². The van der Waals surface area contributed by atoms with Gasteiger partial charge in [0.25, 0.3) is 0 Å². The van der Waals surface area contributed by atoms with Crippen molar-refractivity contribution >= 4 is 11.6 Å². The Kier molecular flexibility index (Phi) is 11.8. The van der Waals surface area contributed by atoms with E-state index in [9.17, 15) is 4.79 Å². The van der Waals surface area contributed by atoms with E-state index in [1.807, 2.05) is 24.3 Å². The van der Waals surface area contributed by atoms with Crippen LogP contribution in [0, 0.1) is 0 Å². The minimum absolute atomic E-state index is 0.0517. The molecule has 0 radical (unpaired) electrons. The molecule has 0 aliphatic carbocycles. The number of ether oxygens (including phenoxy) is 2. The highest BCUT2D eigenvalue weighted by Gasteiger charge is 2.03. The summed E-state index contributed by atoms with van der Waals surface area (Å²) in [6.45, 7) is 4.70. The normalized spacial score (nSPS) is 10.6. The molecular weight excluding hydrogens is 304 g/mol. The first-order valence-corrected chi connectivity index (χ1v) is 8.98. The van der Waals surface area contributed by atoms with Gasteiger partial charge in [-0.05, 0) is 31.5 Å². The second kappa shape index (κ2) is 13.8. The van der Waals surface area contributed by atoms with E-state index in [2.05, 4.69) is 17.6 Å². The molecule has 0 spiro atoms. The summed E-state index contributed by atoms with van der Waals surface area (Å²) in [6, 6.07) is 7.56. The highest BCUT2D eigenvalue weighted by atomic mass is 16.5. The average Bonchev–Trinajstić information content (AvgIpc) is 2.58. The third-order valence-corrected chi connectivity index (χ3v) is 3.62. The molecule has 0 unspecified atom stereocenters. The van der Waals surface area contributed by atoms with Gasteiger partial charge < -0.3 is 20.1 Å². The van der Waals surface area contributed by atoms with Crippen molar-refractivity contribution in [2.24, 2.45) is 0 Å². The van der Waals surface area contributed by atoms with Crippen LogP contribution in [0.5, 0.6) is 5.75 Å². The molecule has 0 saturated carbocycles. The van der Waals surface area contributed by atoms with Gasteiger partial charge in [-0.1, -0.05) is 38.7 Å². The second-order valence-corrected chi connectivity index (χ2v) is 5.86. The van der Waals surface area contributed by atoms with E-state index < -0.39 is 0 Å². The van der Waals surface area contributed by atoms with Gasteiger partial charge in [-0.15, -0.1) is 0 Å². The maximum atomic E-state index is 11.9. The van der Waals surface area contributed by atoms with Gasteiger partial charge in [-0.3, -0.25) is 4.79 Å². The first-order valence-electron chi connectivity index (χ1n) is 8.98. The molecule has 0 fully saturated rings. The Morgan fingerprint density at radius 1 is 1.08 bits per heavy atom. The molecular formula is C19H32N2O3. The highest BCUT2D eigenvalue weighted by molar-refractivity contribution is 5.92. The number of carbonyl (C=O) groups is 1. The van der Waals surface area contributed by atoms with Crippen LogP contribution in [-0.2, 0) is 9.53 Å². The number of hydrogen-bond donors (Lipinski definition) is 2. The molecule has 1 rings (SSSR count). The predicted octanol–water partition coefficient (Wildman–Crippen LogP) is 3.60. The lowest BCUT2D eigenvalue weighted by Crippen LogP contribution is -2.29. The molecule has 1 aromatic carbocycles. The Bertz CT molecular complexity index is 452. The van der Waals surface area contributed by atoms with Crippen molar-refractivity contribution < 1.29 is 14.3 Å². The van der Waals surface area contributed by atoms with Crippen molar-refractivity contribution in [1.82, 2.24) is 5.32 Å². The van der Waals surface area contributed by atoms with Crippen LogP contribution in [0.15, 0.2) is 24.3 Å². The van der Waals surface area contributed by atoms with Crippen molar-refractivity contribution in [2.45, 2.75) is 45.4 Å². The summed E-state index contributed by atoms with van der Waals surface area (Å²) in [7, 11) is 1.67. The topological polar surface area (TPSA) is 59.6 Å². The van der Waals surface area contributed by atoms with Gasteiger partial charge in [0, 0.05) is 25.5 Å². The summed E-state index contributed by atoms with van der Waals surface area (Å²) < 4.78 is 10.7. The van der Waals surface area contributed by atoms with E-state index in [0.29, 0.717) is 13.2 Å². The number of carbonyl (C=O) groups excluding carboxylic acids is 1. The Hall–Kier alpha value is -1.59. The number of anilines is 1. The molecule has 0 atom stereocenters. The van der Waals surface area contributed by atoms with Crippen LogP contribution in [0.2, 0.25) is 0 Å². The third kappa shape index (κ3) is 10.2. The summed E-state index contributed by atoms with van der Waals surface area (Å²) in [5, 5.41) is 5.97. The molecule has 1 aromatic rings. The van der Waals surface area contributed by atoms with Crippen molar-refractivity contribution in [3.8, 4) is 5.75 Å². The smallest absolute Gasteiger partial charge is 0.238 e. The maximum Gasteiger partial charge on any atom is 0.238 e. The fourth-order valence-electron chi connectivity index (χ4n) is 2.31. The molecule has 0 saturated heterocycles. The quantitative estimate of drug-likeness (QED) is 0.510. The number of hydrogen-bond acceptors (Lipinski definition) is 4. The van der Waals surface area contributed by atoms with Crippen LogP contribution in [-0.4, -0.2) is 39.3 Å². The molecule has 0 aromatic heterocycles. The second-order valence-electron chi connectivity index (χ2n) is 5.86. The zero-order chi connectivity index (χ0) is 17.5. The van der Waals surface area contributed by atoms with E-state index >= 15 is 0 Å². The third-order valence-electron chi connectivity index (χ3n) is 3.62. The molecule has 5 heteroatoms. The number of methoxy groups -OCH3 is 1. The SMILES string of the molecule is CCCCCCCOc1cccc(NC(=O)CNCCCOC)c1. The van der Waals surface area contributed by atoms with E-state index in [-0.39, 0.29) is 5.91 Å². The maximum absolute atomic E-state index is 11.9. The van der Waals surface area contributed by atoms with Crippen LogP contribution in [0.25, 0.3) is 0 Å². The zero-order valence-electron chi connectivity index (χ0n) is 15.1. The van der Waals surface area contributed by atoms with Crippen LogP contribution < -0.4 is 15.4 Å². The molecule has 0 heterocycles. The summed E-state index contributed by atoms with van der Waals surface area (Å²) >= 11 is 0. The molecule has 24 heavy (non-hydrogen) atoms. The minimum atomic E-state index is -0.0517. The van der Waals surface area contributed by atoms with E-state index in [4.69, 9.17) is 9.47 Å². The first kappa shape index (κ1) is 20.5. The summed E-state index contributed by atoms with van der Waals surface area (Å²) in [5.41, 5.74) is 0.766. The van der Waals surface area contributed by atoms with Gasteiger partial charge in [0.15, 0.2) is 0 Å². The lowest BCUT2D eigenvalue weighted by molar-refractivity contribution is -0.115. The fraction of sp³-hybridized carbons (Fsp3) is 0.632. The van der Waals surface area contributed by atoms with Gasteiger partial charge >= 0.3 is 0 Å². The van der Waals surface area contributed by atoms with Crippen molar-refractivity contribution in [3.63, 3.8) is 0 Å². The average molecular weight is 336 g/mol. The lowest BCUT2D eigenvalue weighted by atomic mass is 10.2. The van der Waals surface area contributed by atoms with Gasteiger partial charge in [0.05, 0.1) is 13.2 Å². The van der Waals surface area contributed by atoms with Crippen LogP contribution >= 0.6 is 0 Å². The molecule has 5 nitrogen and oxygen atoms in total. The largest absolute Gasteiger partial charge is 0.494 e. The number of benzene rings is 1. The van der Waals surface area contributed by atoms with E-state index in [0.717, 1.165) is 37.4 Å². The van der Waals surface area contributed by atoms with Crippen LogP contribution in [0.3, 0.4) is 0 Å². The number of amides is 1. The summed E-state index contributed by atoms with van der Waals surface area (Å²) in [5.74, 6) is 0.750. The van der Waals surface area contributed by atoms with Crippen LogP contribution in [0.4, 0.5) is 5.69 Å². The molecule has 0 aliphatic heterocycles. The van der Waals surface area contributed by atoms with Gasteiger partial charge in [0.2, 0.25) is 5.91 Å². The fourth-order valence-corrected chi connectivity index (χ4v) is 2.31. The number of unbranched alkanes of at least 4 members (excludes halogenated alkanes) is 4. The standard InChI is InChI=1S/C19H32N2O3/c1-3-4-5-6-7-14-24-18-11-8-10-17(15-18)21-19(22)16-20-12-9-13-23-2/h8,10-11,15,20H,3-7,9,12-14,16H2,1-2H3,(H,21,22). The number of nitrogens with one attached hydrogen (secondary N) is 2. The number of rotatable bonds is 14. The van der Waals surface area contributed by atoms with Gasteiger partial charge in [-0.25, -0.2) is 0 Å². The summed E-state index contributed by atoms with van der Waals surface area (Å²) in [6.07, 6.45) is 6.99. The first-order chi connectivity index (χ1) is 11.8. The van der Waals surface area contributed by atoms with Crippen molar-refractivity contribution in [2.75, 3.05) is 38.7 Å². The molecule has 0 bridgehead atoms. The Morgan fingerprint density at radius 3 is 2.71 bits per heavy atom. The summed E-state index contributed by atoms with van der Waals surface area (Å²) in [4.78, 5) is 11.9. The van der Waals surface area contributed by atoms with Crippen molar-refractivity contribution in [1.29, 1.82) is 0 Å².